The van der Waals surface area contributed by atoms with Crippen LogP contribution >= 0.6 is 0 Å². The lowest BCUT2D eigenvalue weighted by molar-refractivity contribution is -0.137. The Morgan fingerprint density at radius 3 is 2.78 bits per heavy atom. The number of carbonyl (C=O) groups excluding carboxylic acids is 2. The topological polar surface area (TPSA) is 49.4 Å². The van der Waals surface area contributed by atoms with Gasteiger partial charge in [-0.05, 0) is 55.1 Å². The molecule has 1 saturated heterocycles. The molecule has 3 aliphatic rings. The van der Waals surface area contributed by atoms with E-state index in [4.69, 9.17) is 0 Å². The first-order valence-electron chi connectivity index (χ1n) is 10.7. The first-order valence-corrected chi connectivity index (χ1v) is 10.7. The molecule has 4 rings (SSSR count). The van der Waals surface area contributed by atoms with E-state index in [0.29, 0.717) is 24.3 Å². The zero-order chi connectivity index (χ0) is 19.0. The van der Waals surface area contributed by atoms with Crippen LogP contribution in [0.15, 0.2) is 24.3 Å². The van der Waals surface area contributed by atoms with Gasteiger partial charge in [-0.3, -0.25) is 9.59 Å². The van der Waals surface area contributed by atoms with Gasteiger partial charge in [0.05, 0.1) is 5.92 Å². The summed E-state index contributed by atoms with van der Waals surface area (Å²) in [5.41, 5.74) is 3.34. The number of benzene rings is 1. The number of nitrogens with one attached hydrogen (secondary N) is 1. The Morgan fingerprint density at radius 1 is 1.30 bits per heavy atom. The van der Waals surface area contributed by atoms with Crippen LogP contribution < -0.4 is 5.32 Å². The van der Waals surface area contributed by atoms with Crippen molar-refractivity contribution in [2.75, 3.05) is 19.6 Å². The first kappa shape index (κ1) is 18.5. The maximum absolute atomic E-state index is 13.0. The van der Waals surface area contributed by atoms with Crippen molar-refractivity contribution in [3.8, 4) is 0 Å². The smallest absolute Gasteiger partial charge is 0.227 e. The van der Waals surface area contributed by atoms with Gasteiger partial charge in [-0.15, -0.1) is 0 Å². The van der Waals surface area contributed by atoms with Gasteiger partial charge in [-0.2, -0.15) is 0 Å². The predicted octanol–water partition coefficient (Wildman–Crippen LogP) is 3.61. The fourth-order valence-corrected chi connectivity index (χ4v) is 4.86. The van der Waals surface area contributed by atoms with Crippen molar-refractivity contribution in [1.29, 1.82) is 0 Å². The first-order chi connectivity index (χ1) is 13.1. The molecule has 0 spiro atoms. The molecular formula is C23H32N2O2. The molecule has 27 heavy (non-hydrogen) atoms. The van der Waals surface area contributed by atoms with Crippen LogP contribution in [0.25, 0.3) is 0 Å². The minimum absolute atomic E-state index is 0.0247. The molecule has 0 aromatic heterocycles. The molecule has 1 aliphatic heterocycles. The highest BCUT2D eigenvalue weighted by Gasteiger charge is 2.58. The van der Waals surface area contributed by atoms with Gasteiger partial charge in [-0.25, -0.2) is 0 Å². The number of hydrogen-bond donors (Lipinski definition) is 1. The summed E-state index contributed by atoms with van der Waals surface area (Å²) in [7, 11) is 0. The van der Waals surface area contributed by atoms with E-state index in [2.05, 4.69) is 34.5 Å². The second-order valence-electron chi connectivity index (χ2n) is 8.75. The van der Waals surface area contributed by atoms with Crippen LogP contribution in [0.2, 0.25) is 0 Å². The van der Waals surface area contributed by atoms with E-state index in [0.717, 1.165) is 31.8 Å². The molecule has 2 amide bonds. The van der Waals surface area contributed by atoms with E-state index < -0.39 is 0 Å². The monoisotopic (exact) mass is 368 g/mol. The molecule has 2 saturated carbocycles. The molecular weight excluding hydrogens is 336 g/mol. The molecule has 2 aliphatic carbocycles. The number of carbonyl (C=O) groups is 2. The van der Waals surface area contributed by atoms with Gasteiger partial charge in [-0.1, -0.05) is 38.1 Å². The Hall–Kier alpha value is -1.84. The fraction of sp³-hybridized carbons (Fsp3) is 0.652. The Balaban J connectivity index is 1.38. The molecule has 1 aromatic rings. The average molecular weight is 369 g/mol. The zero-order valence-electron chi connectivity index (χ0n) is 16.7. The highest BCUT2D eigenvalue weighted by molar-refractivity contribution is 5.81. The quantitative estimate of drug-likeness (QED) is 0.799. The SMILES string of the molecule is CCC(=O)NCC(CC)C(=O)N1CCC2(c3cccc(C4CC4)c3)CC2C1. The van der Waals surface area contributed by atoms with Crippen LogP contribution in [0, 0.1) is 11.8 Å². The summed E-state index contributed by atoms with van der Waals surface area (Å²) in [5, 5.41) is 2.89. The van der Waals surface area contributed by atoms with E-state index >= 15 is 0 Å². The standard InChI is InChI=1S/C23H32N2O2/c1-3-16(14-24-21(26)4-2)22(27)25-11-10-23(13-20(23)15-25)19-7-5-6-18(12-19)17-8-9-17/h5-7,12,16-17,20H,3-4,8-11,13-15H2,1-2H3,(H,24,26). The minimum Gasteiger partial charge on any atom is -0.355 e. The Morgan fingerprint density at radius 2 is 2.11 bits per heavy atom. The summed E-state index contributed by atoms with van der Waals surface area (Å²) < 4.78 is 0. The third-order valence-corrected chi connectivity index (χ3v) is 7.03. The van der Waals surface area contributed by atoms with Crippen molar-refractivity contribution in [3.63, 3.8) is 0 Å². The lowest BCUT2D eigenvalue weighted by Gasteiger charge is -2.34. The summed E-state index contributed by atoms with van der Waals surface area (Å²) in [6.45, 7) is 6.08. The summed E-state index contributed by atoms with van der Waals surface area (Å²) in [6, 6.07) is 9.27. The number of hydrogen-bond acceptors (Lipinski definition) is 2. The molecule has 3 fully saturated rings. The minimum atomic E-state index is -0.0926. The number of rotatable bonds is 7. The summed E-state index contributed by atoms with van der Waals surface area (Å²) >= 11 is 0. The number of nitrogens with zero attached hydrogens (tertiary/aromatic N) is 1. The van der Waals surface area contributed by atoms with E-state index in [9.17, 15) is 9.59 Å². The zero-order valence-corrected chi connectivity index (χ0v) is 16.7. The van der Waals surface area contributed by atoms with E-state index in [1.807, 2.05) is 13.8 Å². The van der Waals surface area contributed by atoms with Crippen molar-refractivity contribution >= 4 is 11.8 Å². The number of fused-ring (bicyclic) bond motifs is 1. The third kappa shape index (κ3) is 3.63. The second-order valence-corrected chi connectivity index (χ2v) is 8.75. The van der Waals surface area contributed by atoms with Crippen molar-refractivity contribution < 1.29 is 9.59 Å². The molecule has 1 aromatic carbocycles. The van der Waals surface area contributed by atoms with Gasteiger partial charge in [0, 0.05) is 31.5 Å². The van der Waals surface area contributed by atoms with Gasteiger partial charge in [0.15, 0.2) is 0 Å². The van der Waals surface area contributed by atoms with Crippen LogP contribution in [0.1, 0.15) is 69.4 Å². The van der Waals surface area contributed by atoms with Gasteiger partial charge in [0.1, 0.15) is 0 Å². The second kappa shape index (κ2) is 7.29. The molecule has 3 atom stereocenters. The highest BCUT2D eigenvalue weighted by atomic mass is 16.2. The largest absolute Gasteiger partial charge is 0.355 e. The van der Waals surface area contributed by atoms with Crippen LogP contribution in [0.3, 0.4) is 0 Å². The van der Waals surface area contributed by atoms with Crippen LogP contribution in [0.5, 0.6) is 0 Å². The Kier molecular flexibility index (Phi) is 5.00. The molecule has 0 radical (unpaired) electrons. The van der Waals surface area contributed by atoms with E-state index in [1.54, 1.807) is 0 Å². The highest BCUT2D eigenvalue weighted by Crippen LogP contribution is 2.59. The molecule has 4 nitrogen and oxygen atoms in total. The summed E-state index contributed by atoms with van der Waals surface area (Å²) in [4.78, 5) is 26.6. The van der Waals surface area contributed by atoms with Gasteiger partial charge >= 0.3 is 0 Å². The average Bonchev–Trinajstić information content (AvgIpc) is 3.61. The van der Waals surface area contributed by atoms with Crippen LogP contribution in [-0.4, -0.2) is 36.3 Å². The van der Waals surface area contributed by atoms with Crippen molar-refractivity contribution in [2.24, 2.45) is 11.8 Å². The van der Waals surface area contributed by atoms with Crippen molar-refractivity contribution in [1.82, 2.24) is 10.2 Å². The Bertz CT molecular complexity index is 727. The lowest BCUT2D eigenvalue weighted by Crippen LogP contribution is -2.46. The number of amides is 2. The maximum Gasteiger partial charge on any atom is 0.227 e. The van der Waals surface area contributed by atoms with E-state index in [-0.39, 0.29) is 17.7 Å². The Labute approximate surface area is 162 Å². The molecule has 146 valence electrons. The van der Waals surface area contributed by atoms with Crippen molar-refractivity contribution in [2.45, 2.75) is 63.7 Å². The lowest BCUT2D eigenvalue weighted by atomic mass is 9.85. The summed E-state index contributed by atoms with van der Waals surface area (Å²) in [5.74, 6) is 1.55. The number of piperidine rings is 1. The normalized spacial score (nSPS) is 27.6. The van der Waals surface area contributed by atoms with Crippen molar-refractivity contribution in [3.05, 3.63) is 35.4 Å². The van der Waals surface area contributed by atoms with E-state index in [1.165, 1.54) is 30.4 Å². The maximum atomic E-state index is 13.0. The molecule has 4 heteroatoms. The van der Waals surface area contributed by atoms with Gasteiger partial charge < -0.3 is 10.2 Å². The third-order valence-electron chi connectivity index (χ3n) is 7.03. The molecule has 1 heterocycles. The van der Waals surface area contributed by atoms with Crippen LogP contribution in [-0.2, 0) is 15.0 Å². The fourth-order valence-electron chi connectivity index (χ4n) is 4.86. The molecule has 1 N–H and O–H groups in total. The number of likely N-dealkylation sites (tertiary alicyclic amines) is 1. The van der Waals surface area contributed by atoms with Crippen LogP contribution in [0.4, 0.5) is 0 Å². The van der Waals surface area contributed by atoms with Gasteiger partial charge in [0.25, 0.3) is 0 Å². The van der Waals surface area contributed by atoms with Gasteiger partial charge in [0.2, 0.25) is 11.8 Å². The molecule has 0 bridgehead atoms. The molecule has 3 unspecified atom stereocenters. The predicted molar refractivity (Wildman–Crippen MR) is 106 cm³/mol. The summed E-state index contributed by atoms with van der Waals surface area (Å²) in [6.07, 6.45) is 6.23.